The van der Waals surface area contributed by atoms with Crippen molar-refractivity contribution >= 4 is 9.05 Å². The molecule has 0 aromatic heterocycles. The summed E-state index contributed by atoms with van der Waals surface area (Å²) in [5, 5.41) is 0. The standard InChI is InChI=1S/Co.H4O4Si/c;1-5(2,3)4/h;1-4H/q+2;. The van der Waals surface area contributed by atoms with Crippen molar-refractivity contribution in [2.45, 2.75) is 0 Å². The summed E-state index contributed by atoms with van der Waals surface area (Å²) in [6.45, 7) is 0. The molecule has 0 aromatic carbocycles. The Bertz CT molecular complexity index is 23.0. The number of hydrogen-bond donors (Lipinski definition) is 4. The van der Waals surface area contributed by atoms with Crippen molar-refractivity contribution in [3.63, 3.8) is 0 Å². The molecule has 0 fully saturated rings. The number of rotatable bonds is 0. The minimum atomic E-state index is -4.61. The van der Waals surface area contributed by atoms with E-state index in [1.54, 1.807) is 0 Å². The van der Waals surface area contributed by atoms with E-state index in [0.29, 0.717) is 0 Å². The Morgan fingerprint density at radius 3 is 0.833 bits per heavy atom. The topological polar surface area (TPSA) is 80.9 Å². The van der Waals surface area contributed by atoms with Crippen LogP contribution in [-0.4, -0.2) is 28.2 Å². The van der Waals surface area contributed by atoms with Crippen LogP contribution in [0.5, 0.6) is 0 Å². The molecule has 0 saturated carbocycles. The van der Waals surface area contributed by atoms with Crippen LogP contribution >= 0.6 is 0 Å². The molecule has 6 heteroatoms. The molecular weight excluding hydrogens is 151 g/mol. The van der Waals surface area contributed by atoms with Crippen LogP contribution in [-0.2, 0) is 16.8 Å². The van der Waals surface area contributed by atoms with Crippen molar-refractivity contribution in [1.82, 2.24) is 0 Å². The van der Waals surface area contributed by atoms with Crippen LogP contribution in [0.25, 0.3) is 0 Å². The van der Waals surface area contributed by atoms with E-state index in [4.69, 9.17) is 19.2 Å². The molecule has 4 N–H and O–H groups in total. The molecule has 0 aliphatic heterocycles. The third kappa shape index (κ3) is 183. The average molecular weight is 155 g/mol. The van der Waals surface area contributed by atoms with Gasteiger partial charge in [-0.05, 0) is 0 Å². The van der Waals surface area contributed by atoms with Crippen LogP contribution in [0.1, 0.15) is 0 Å². The Kier molecular flexibility index (Phi) is 4.37. The summed E-state index contributed by atoms with van der Waals surface area (Å²) in [6.07, 6.45) is 0. The maximum absolute atomic E-state index is 7.33. The molecular formula is H4CoO4Si+2. The molecule has 0 rings (SSSR count). The van der Waals surface area contributed by atoms with Gasteiger partial charge in [-0.25, -0.2) is 0 Å². The first kappa shape index (κ1) is 9.76. The molecule has 0 amide bonds. The molecule has 0 aliphatic carbocycles. The molecule has 1 radical (unpaired) electrons. The van der Waals surface area contributed by atoms with E-state index < -0.39 is 9.05 Å². The number of hydrogen-bond acceptors (Lipinski definition) is 4. The smallest absolute Gasteiger partial charge is 0.368 e. The van der Waals surface area contributed by atoms with E-state index in [1.807, 2.05) is 0 Å². The molecule has 0 unspecified atom stereocenters. The fourth-order valence-corrected chi connectivity index (χ4v) is 0. The second-order valence-corrected chi connectivity index (χ2v) is 1.80. The molecule has 39 valence electrons. The summed E-state index contributed by atoms with van der Waals surface area (Å²) in [5.74, 6) is 0. The zero-order valence-electron chi connectivity index (χ0n) is 2.62. The second-order valence-electron chi connectivity index (χ2n) is 0.600. The quantitative estimate of drug-likeness (QED) is 0.289. The molecule has 0 atom stereocenters. The predicted octanol–water partition coefficient (Wildman–Crippen LogP) is -2.61. The molecule has 0 bridgehead atoms. The maximum Gasteiger partial charge on any atom is 2.00 e. The van der Waals surface area contributed by atoms with E-state index in [1.165, 1.54) is 0 Å². The minimum absolute atomic E-state index is 0. The monoisotopic (exact) mass is 155 g/mol. The Morgan fingerprint density at radius 1 is 0.833 bits per heavy atom. The first-order valence-corrected chi connectivity index (χ1v) is 2.68. The first-order valence-electron chi connectivity index (χ1n) is 0.894. The van der Waals surface area contributed by atoms with Gasteiger partial charge in [-0.2, -0.15) is 0 Å². The van der Waals surface area contributed by atoms with E-state index in [9.17, 15) is 0 Å². The van der Waals surface area contributed by atoms with Crippen molar-refractivity contribution in [3.05, 3.63) is 0 Å². The van der Waals surface area contributed by atoms with E-state index in [2.05, 4.69) is 0 Å². The van der Waals surface area contributed by atoms with Gasteiger partial charge in [-0.15, -0.1) is 0 Å². The van der Waals surface area contributed by atoms with Gasteiger partial charge >= 0.3 is 25.8 Å². The van der Waals surface area contributed by atoms with E-state index in [0.717, 1.165) is 0 Å². The Balaban J connectivity index is 0. The minimum Gasteiger partial charge on any atom is -0.368 e. The molecule has 4 nitrogen and oxygen atoms in total. The zero-order valence-corrected chi connectivity index (χ0v) is 4.66. The van der Waals surface area contributed by atoms with E-state index >= 15 is 0 Å². The largest absolute Gasteiger partial charge is 2.00 e. The van der Waals surface area contributed by atoms with Gasteiger partial charge in [-0.3, -0.25) is 0 Å². The van der Waals surface area contributed by atoms with Crippen molar-refractivity contribution in [1.29, 1.82) is 0 Å². The summed E-state index contributed by atoms with van der Waals surface area (Å²) >= 11 is 0. The fourth-order valence-electron chi connectivity index (χ4n) is 0. The Labute approximate surface area is 45.7 Å². The van der Waals surface area contributed by atoms with Crippen molar-refractivity contribution in [2.75, 3.05) is 0 Å². The maximum atomic E-state index is 7.33. The summed E-state index contributed by atoms with van der Waals surface area (Å²) < 4.78 is 0. The summed E-state index contributed by atoms with van der Waals surface area (Å²) in [5.41, 5.74) is 0. The molecule has 6 heavy (non-hydrogen) atoms. The van der Waals surface area contributed by atoms with Crippen LogP contribution in [0.15, 0.2) is 0 Å². The first-order chi connectivity index (χ1) is 2.00. The van der Waals surface area contributed by atoms with Gasteiger partial charge in [0.2, 0.25) is 0 Å². The predicted molar refractivity (Wildman–Crippen MR) is 14.6 cm³/mol. The zero-order chi connectivity index (χ0) is 4.50. The third-order valence-electron chi connectivity index (χ3n) is 0. The van der Waals surface area contributed by atoms with Crippen LogP contribution in [0, 0.1) is 0 Å². The molecule has 0 aromatic rings. The molecule has 0 heterocycles. The van der Waals surface area contributed by atoms with Gasteiger partial charge in [-0.1, -0.05) is 0 Å². The van der Waals surface area contributed by atoms with Gasteiger partial charge in [0.05, 0.1) is 0 Å². The van der Waals surface area contributed by atoms with Crippen LogP contribution < -0.4 is 0 Å². The van der Waals surface area contributed by atoms with Crippen LogP contribution in [0.4, 0.5) is 0 Å². The summed E-state index contributed by atoms with van der Waals surface area (Å²) in [6, 6.07) is 0. The molecule has 0 spiro atoms. The van der Waals surface area contributed by atoms with Crippen molar-refractivity contribution in [3.8, 4) is 0 Å². The SMILES string of the molecule is O[Si](O)(O)O.[Co+2]. The van der Waals surface area contributed by atoms with Gasteiger partial charge in [0.15, 0.2) is 0 Å². The summed E-state index contributed by atoms with van der Waals surface area (Å²) in [7, 11) is -4.61. The Hall–Kier alpha value is 0.563. The molecule has 0 aliphatic rings. The van der Waals surface area contributed by atoms with Crippen molar-refractivity contribution in [2.24, 2.45) is 0 Å². The third-order valence-corrected chi connectivity index (χ3v) is 0. The van der Waals surface area contributed by atoms with Gasteiger partial charge < -0.3 is 19.2 Å². The molecule has 0 saturated heterocycles. The fraction of sp³-hybridized carbons (Fsp3) is 0. The normalized spacial score (nSPS) is 10.0. The van der Waals surface area contributed by atoms with Gasteiger partial charge in [0.1, 0.15) is 0 Å². The van der Waals surface area contributed by atoms with E-state index in [-0.39, 0.29) is 16.8 Å². The Morgan fingerprint density at radius 2 is 0.833 bits per heavy atom. The average Bonchev–Trinajstić information content (AvgIpc) is 0.722. The van der Waals surface area contributed by atoms with Gasteiger partial charge in [0, 0.05) is 0 Å². The summed E-state index contributed by atoms with van der Waals surface area (Å²) in [4.78, 5) is 29.3. The van der Waals surface area contributed by atoms with Crippen LogP contribution in [0.3, 0.4) is 0 Å². The van der Waals surface area contributed by atoms with Gasteiger partial charge in [0.25, 0.3) is 0 Å². The second kappa shape index (κ2) is 2.69. The van der Waals surface area contributed by atoms with Crippen molar-refractivity contribution < 1.29 is 36.0 Å². The van der Waals surface area contributed by atoms with Crippen LogP contribution in [0.2, 0.25) is 0 Å².